The highest BCUT2D eigenvalue weighted by Gasteiger charge is 2.06. The molecule has 0 amide bonds. The highest BCUT2D eigenvalue weighted by atomic mass is 15.1. The summed E-state index contributed by atoms with van der Waals surface area (Å²) < 4.78 is 1.89. The number of hydrogen-bond acceptors (Lipinski definition) is 4. The Hall–Kier alpha value is -1.91. The normalized spacial score (nSPS) is 10.4. The Labute approximate surface area is 81.6 Å². The lowest BCUT2D eigenvalue weighted by atomic mass is 10.3. The lowest BCUT2D eigenvalue weighted by Crippen LogP contribution is -2.01. The van der Waals surface area contributed by atoms with E-state index in [4.69, 9.17) is 5.73 Å². The minimum atomic E-state index is 0.281. The van der Waals surface area contributed by atoms with Crippen molar-refractivity contribution in [2.45, 2.75) is 6.92 Å². The monoisotopic (exact) mass is 189 g/mol. The molecule has 0 aliphatic carbocycles. The van der Waals surface area contributed by atoms with Gasteiger partial charge in [0.15, 0.2) is 5.82 Å². The number of hydrogen-bond donors (Lipinski definition) is 1. The number of nitrogens with two attached hydrogens (primary N) is 1. The van der Waals surface area contributed by atoms with E-state index in [1.54, 1.807) is 6.20 Å². The number of imidazole rings is 1. The molecule has 2 aromatic heterocycles. The zero-order valence-electron chi connectivity index (χ0n) is 8.10. The van der Waals surface area contributed by atoms with Crippen LogP contribution in [0.1, 0.15) is 5.69 Å². The second-order valence-electron chi connectivity index (χ2n) is 3.11. The van der Waals surface area contributed by atoms with Crippen molar-refractivity contribution in [1.82, 2.24) is 19.5 Å². The Bertz CT molecular complexity index is 440. The van der Waals surface area contributed by atoms with E-state index in [1.807, 2.05) is 30.8 Å². The van der Waals surface area contributed by atoms with Crippen LogP contribution in [0.15, 0.2) is 18.5 Å². The van der Waals surface area contributed by atoms with Crippen molar-refractivity contribution in [3.8, 4) is 11.5 Å². The van der Waals surface area contributed by atoms with Crippen LogP contribution >= 0.6 is 0 Å². The van der Waals surface area contributed by atoms with Gasteiger partial charge in [-0.2, -0.15) is 0 Å². The minimum absolute atomic E-state index is 0.281. The van der Waals surface area contributed by atoms with Crippen molar-refractivity contribution >= 4 is 5.95 Å². The van der Waals surface area contributed by atoms with Gasteiger partial charge in [0.25, 0.3) is 0 Å². The van der Waals surface area contributed by atoms with Crippen molar-refractivity contribution in [1.29, 1.82) is 0 Å². The summed E-state index contributed by atoms with van der Waals surface area (Å²) in [4.78, 5) is 12.3. The largest absolute Gasteiger partial charge is 0.368 e. The van der Waals surface area contributed by atoms with E-state index >= 15 is 0 Å². The molecule has 2 N–H and O–H groups in total. The van der Waals surface area contributed by atoms with E-state index in [9.17, 15) is 0 Å². The van der Waals surface area contributed by atoms with E-state index in [-0.39, 0.29) is 5.95 Å². The predicted octanol–water partition coefficient (Wildman–Crippen LogP) is 0.768. The number of aromatic nitrogens is 4. The van der Waals surface area contributed by atoms with Crippen LogP contribution in [0.2, 0.25) is 0 Å². The molecule has 0 saturated heterocycles. The molecular weight excluding hydrogens is 178 g/mol. The molecule has 0 spiro atoms. The predicted molar refractivity (Wildman–Crippen MR) is 53.4 cm³/mol. The van der Waals surface area contributed by atoms with Crippen molar-refractivity contribution in [2.24, 2.45) is 7.05 Å². The Morgan fingerprint density at radius 3 is 2.71 bits per heavy atom. The zero-order chi connectivity index (χ0) is 10.1. The molecule has 0 unspecified atom stereocenters. The first-order valence-electron chi connectivity index (χ1n) is 4.25. The maximum absolute atomic E-state index is 5.56. The third-order valence-corrected chi connectivity index (χ3v) is 1.92. The zero-order valence-corrected chi connectivity index (χ0v) is 8.10. The maximum Gasteiger partial charge on any atom is 0.220 e. The highest BCUT2D eigenvalue weighted by molar-refractivity contribution is 5.51. The summed E-state index contributed by atoms with van der Waals surface area (Å²) in [6, 6.07) is 1.86. The van der Waals surface area contributed by atoms with Gasteiger partial charge in [0, 0.05) is 25.1 Å². The number of nitrogens with zero attached hydrogens (tertiary/aromatic N) is 4. The summed E-state index contributed by atoms with van der Waals surface area (Å²) >= 11 is 0. The Kier molecular flexibility index (Phi) is 1.92. The van der Waals surface area contributed by atoms with Gasteiger partial charge >= 0.3 is 0 Å². The molecule has 5 heteroatoms. The first-order chi connectivity index (χ1) is 6.66. The fourth-order valence-electron chi connectivity index (χ4n) is 1.32. The molecule has 0 atom stereocenters. The molecule has 0 radical (unpaired) electrons. The lowest BCUT2D eigenvalue weighted by Gasteiger charge is -2.02. The first-order valence-corrected chi connectivity index (χ1v) is 4.25. The van der Waals surface area contributed by atoms with Crippen LogP contribution in [0.5, 0.6) is 0 Å². The fraction of sp³-hybridized carbons (Fsp3) is 0.222. The minimum Gasteiger partial charge on any atom is -0.368 e. The van der Waals surface area contributed by atoms with E-state index in [0.717, 1.165) is 17.2 Å². The molecule has 2 aromatic rings. The number of anilines is 1. The molecule has 0 bridgehead atoms. The van der Waals surface area contributed by atoms with Crippen LogP contribution in [0.25, 0.3) is 11.5 Å². The fourth-order valence-corrected chi connectivity index (χ4v) is 1.32. The van der Waals surface area contributed by atoms with E-state index in [0.29, 0.717) is 0 Å². The van der Waals surface area contributed by atoms with Crippen LogP contribution < -0.4 is 5.73 Å². The van der Waals surface area contributed by atoms with E-state index < -0.39 is 0 Å². The summed E-state index contributed by atoms with van der Waals surface area (Å²) in [6.07, 6.45) is 3.59. The standard InChI is InChI=1S/C9H11N5/c1-6-5-7(13-9(10)12-6)8-11-3-4-14(8)2/h3-5H,1-2H3,(H2,10,12,13). The van der Waals surface area contributed by atoms with Gasteiger partial charge < -0.3 is 10.3 Å². The van der Waals surface area contributed by atoms with E-state index in [1.165, 1.54) is 0 Å². The van der Waals surface area contributed by atoms with Gasteiger partial charge in [-0.15, -0.1) is 0 Å². The van der Waals surface area contributed by atoms with Gasteiger partial charge in [-0.25, -0.2) is 15.0 Å². The topological polar surface area (TPSA) is 69.6 Å². The third kappa shape index (κ3) is 1.44. The Morgan fingerprint density at radius 2 is 2.14 bits per heavy atom. The van der Waals surface area contributed by atoms with Crippen molar-refractivity contribution in [3.63, 3.8) is 0 Å². The molecule has 0 aliphatic heterocycles. The quantitative estimate of drug-likeness (QED) is 0.719. The molecular formula is C9H11N5. The molecule has 5 nitrogen and oxygen atoms in total. The number of aryl methyl sites for hydroxylation is 2. The average molecular weight is 189 g/mol. The summed E-state index contributed by atoms with van der Waals surface area (Å²) in [5.74, 6) is 1.07. The Balaban J connectivity index is 2.57. The Morgan fingerprint density at radius 1 is 1.36 bits per heavy atom. The second-order valence-corrected chi connectivity index (χ2v) is 3.11. The smallest absolute Gasteiger partial charge is 0.220 e. The van der Waals surface area contributed by atoms with Gasteiger partial charge in [0.1, 0.15) is 5.69 Å². The molecule has 0 saturated carbocycles. The van der Waals surface area contributed by atoms with Gasteiger partial charge in [0.2, 0.25) is 5.95 Å². The molecule has 2 heterocycles. The van der Waals surface area contributed by atoms with E-state index in [2.05, 4.69) is 15.0 Å². The van der Waals surface area contributed by atoms with Crippen LogP contribution in [0.3, 0.4) is 0 Å². The van der Waals surface area contributed by atoms with Crippen molar-refractivity contribution < 1.29 is 0 Å². The van der Waals surface area contributed by atoms with Crippen LogP contribution in [-0.4, -0.2) is 19.5 Å². The second kappa shape index (κ2) is 3.10. The lowest BCUT2D eigenvalue weighted by molar-refractivity contribution is 0.914. The molecule has 72 valence electrons. The summed E-state index contributed by atoms with van der Waals surface area (Å²) in [5.41, 5.74) is 7.15. The summed E-state index contributed by atoms with van der Waals surface area (Å²) in [5, 5.41) is 0. The third-order valence-electron chi connectivity index (χ3n) is 1.92. The number of rotatable bonds is 1. The number of nitrogen functional groups attached to an aromatic ring is 1. The summed E-state index contributed by atoms with van der Waals surface area (Å²) in [6.45, 7) is 1.88. The molecule has 0 fully saturated rings. The molecule has 0 aliphatic rings. The summed E-state index contributed by atoms with van der Waals surface area (Å²) in [7, 11) is 1.91. The first kappa shape index (κ1) is 8.68. The van der Waals surface area contributed by atoms with Gasteiger partial charge in [0.05, 0.1) is 0 Å². The average Bonchev–Trinajstić information content (AvgIpc) is 2.49. The maximum atomic E-state index is 5.56. The highest BCUT2D eigenvalue weighted by Crippen LogP contribution is 2.15. The molecule has 0 aromatic carbocycles. The van der Waals surface area contributed by atoms with Gasteiger partial charge in [-0.1, -0.05) is 0 Å². The molecule has 14 heavy (non-hydrogen) atoms. The van der Waals surface area contributed by atoms with Gasteiger partial charge in [-0.3, -0.25) is 0 Å². The van der Waals surface area contributed by atoms with Gasteiger partial charge in [-0.05, 0) is 13.0 Å². The van der Waals surface area contributed by atoms with Crippen molar-refractivity contribution in [3.05, 3.63) is 24.2 Å². The van der Waals surface area contributed by atoms with Crippen LogP contribution in [-0.2, 0) is 7.05 Å². The van der Waals surface area contributed by atoms with Crippen LogP contribution in [0, 0.1) is 6.92 Å². The van der Waals surface area contributed by atoms with Crippen molar-refractivity contribution in [2.75, 3.05) is 5.73 Å². The molecule has 2 rings (SSSR count). The SMILES string of the molecule is Cc1cc(-c2nccn2C)nc(N)n1. The van der Waals surface area contributed by atoms with Crippen LogP contribution in [0.4, 0.5) is 5.95 Å².